The number of carbonyl (C=O) groups excluding carboxylic acids is 3. The molecule has 1 aliphatic heterocycles. The average Bonchev–Trinajstić information content (AvgIpc) is 3.34. The Hall–Kier alpha value is -4.40. The lowest BCUT2D eigenvalue weighted by Gasteiger charge is -2.41. The molecule has 0 unspecified atom stereocenters. The number of nitrogens with two attached hydrogens (primary N) is 1. The fraction of sp³-hybridized carbons (Fsp3) is 0.167. The topological polar surface area (TPSA) is 171 Å². The van der Waals surface area contributed by atoms with Gasteiger partial charge in [0.15, 0.2) is 5.54 Å². The Kier molecular flexibility index (Phi) is 5.66. The highest BCUT2D eigenvalue weighted by Crippen LogP contribution is 2.53. The number of halogens is 2. The van der Waals surface area contributed by atoms with Crippen LogP contribution in [0.25, 0.3) is 0 Å². The van der Waals surface area contributed by atoms with E-state index in [4.69, 9.17) is 28.9 Å². The van der Waals surface area contributed by atoms with Crippen molar-refractivity contribution < 1.29 is 24.3 Å². The third-order valence-corrected chi connectivity index (χ3v) is 6.80. The number of primary amides is 1. The number of aliphatic carboxylic acids is 1. The lowest BCUT2D eigenvalue weighted by Crippen LogP contribution is -2.53. The molecule has 1 spiro atoms. The normalized spacial score (nSPS) is 18.0. The summed E-state index contributed by atoms with van der Waals surface area (Å²) in [5.41, 5.74) is 5.49. The number of anilines is 2. The number of imidazole rings is 1. The molecule has 37 heavy (non-hydrogen) atoms. The minimum atomic E-state index is -1.59. The summed E-state index contributed by atoms with van der Waals surface area (Å²) < 4.78 is 1.41. The first-order valence-electron chi connectivity index (χ1n) is 10.8. The summed E-state index contributed by atoms with van der Waals surface area (Å²) in [5, 5.41) is 21.7. The number of carboxylic acids is 1. The maximum Gasteiger partial charge on any atom is 0.326 e. The first-order chi connectivity index (χ1) is 17.6. The molecule has 186 valence electrons. The molecule has 2 atom stereocenters. The second-order valence-corrected chi connectivity index (χ2v) is 9.48. The second kappa shape index (κ2) is 8.62. The summed E-state index contributed by atoms with van der Waals surface area (Å²) in [6.07, 6.45) is 0.756. The number of amides is 3. The van der Waals surface area contributed by atoms with Crippen molar-refractivity contribution in [1.82, 2.24) is 14.9 Å². The Labute approximate surface area is 219 Å². The summed E-state index contributed by atoms with van der Waals surface area (Å²) in [6.45, 7) is 0. The van der Waals surface area contributed by atoms with Gasteiger partial charge in [-0.1, -0.05) is 29.3 Å². The molecule has 1 aliphatic carbocycles. The van der Waals surface area contributed by atoms with Gasteiger partial charge in [0, 0.05) is 16.5 Å². The molecule has 0 radical (unpaired) electrons. The molecule has 0 saturated carbocycles. The third kappa shape index (κ3) is 3.69. The van der Waals surface area contributed by atoms with Crippen LogP contribution in [-0.2, 0) is 26.3 Å². The van der Waals surface area contributed by atoms with Crippen molar-refractivity contribution in [2.75, 3.05) is 4.90 Å². The summed E-state index contributed by atoms with van der Waals surface area (Å²) in [7, 11) is 0. The van der Waals surface area contributed by atoms with Gasteiger partial charge < -0.3 is 16.2 Å². The molecule has 2 aromatic carbocycles. The van der Waals surface area contributed by atoms with Gasteiger partial charge in [0.1, 0.15) is 11.7 Å². The quantitative estimate of drug-likeness (QED) is 0.430. The van der Waals surface area contributed by atoms with Crippen LogP contribution in [-0.4, -0.2) is 44.4 Å². The Bertz CT molecular complexity index is 1560. The number of benzene rings is 2. The van der Waals surface area contributed by atoms with Gasteiger partial charge in [-0.2, -0.15) is 5.26 Å². The molecular formula is C24H16Cl2N6O5. The average molecular weight is 539 g/mol. The van der Waals surface area contributed by atoms with Gasteiger partial charge in [-0.05, 0) is 41.5 Å². The van der Waals surface area contributed by atoms with Crippen molar-refractivity contribution in [3.8, 4) is 6.07 Å². The molecule has 5 rings (SSSR count). The van der Waals surface area contributed by atoms with Gasteiger partial charge in [0.05, 0.1) is 29.9 Å². The lowest BCUT2D eigenvalue weighted by molar-refractivity contribution is -0.141. The van der Waals surface area contributed by atoms with E-state index in [9.17, 15) is 29.5 Å². The van der Waals surface area contributed by atoms with Crippen LogP contribution in [0.3, 0.4) is 0 Å². The zero-order chi connectivity index (χ0) is 26.6. The van der Waals surface area contributed by atoms with Crippen LogP contribution in [0.5, 0.6) is 0 Å². The maximum atomic E-state index is 14.1. The van der Waals surface area contributed by atoms with E-state index in [0.717, 1.165) is 5.56 Å². The van der Waals surface area contributed by atoms with E-state index in [-0.39, 0.29) is 28.1 Å². The number of fused-ring (bicyclic) bond motifs is 4. The fourth-order valence-electron chi connectivity index (χ4n) is 4.78. The predicted octanol–water partition coefficient (Wildman–Crippen LogP) is 2.10. The van der Waals surface area contributed by atoms with Crippen LogP contribution in [0.15, 0.2) is 42.6 Å². The molecule has 0 fully saturated rings. The van der Waals surface area contributed by atoms with E-state index in [0.29, 0.717) is 16.8 Å². The van der Waals surface area contributed by atoms with Gasteiger partial charge in [0.2, 0.25) is 11.9 Å². The molecule has 2 heterocycles. The molecule has 0 saturated heterocycles. The van der Waals surface area contributed by atoms with Crippen molar-refractivity contribution >= 4 is 58.5 Å². The summed E-state index contributed by atoms with van der Waals surface area (Å²) in [6, 6.07) is 9.92. The Morgan fingerprint density at radius 2 is 1.92 bits per heavy atom. The van der Waals surface area contributed by atoms with Crippen molar-refractivity contribution in [2.24, 2.45) is 5.73 Å². The molecule has 13 heteroatoms. The van der Waals surface area contributed by atoms with E-state index in [2.05, 4.69) is 10.3 Å². The second-order valence-electron chi connectivity index (χ2n) is 8.60. The van der Waals surface area contributed by atoms with Crippen LogP contribution in [0.4, 0.5) is 11.6 Å². The van der Waals surface area contributed by atoms with Gasteiger partial charge in [-0.15, -0.1) is 0 Å². The third-order valence-electron chi connectivity index (χ3n) is 6.36. The summed E-state index contributed by atoms with van der Waals surface area (Å²) in [5.74, 6) is -3.64. The highest BCUT2D eigenvalue weighted by molar-refractivity contribution is 6.35. The lowest BCUT2D eigenvalue weighted by atomic mass is 9.69. The molecule has 4 N–H and O–H groups in total. The maximum absolute atomic E-state index is 14.1. The smallest absolute Gasteiger partial charge is 0.326 e. The molecular weight excluding hydrogens is 523 g/mol. The molecule has 3 amide bonds. The number of carboxylic acid groups (broad SMARTS) is 1. The van der Waals surface area contributed by atoms with Crippen molar-refractivity contribution in [3.63, 3.8) is 0 Å². The van der Waals surface area contributed by atoms with E-state index in [1.165, 1.54) is 33.9 Å². The molecule has 1 aromatic heterocycles. The fourth-order valence-corrected chi connectivity index (χ4v) is 5.30. The number of aromatic nitrogens is 2. The molecule has 3 aromatic rings. The molecule has 0 bridgehead atoms. The minimum absolute atomic E-state index is 0.0725. The highest BCUT2D eigenvalue weighted by atomic mass is 35.5. The van der Waals surface area contributed by atoms with Crippen LogP contribution in [0.2, 0.25) is 10.0 Å². The number of hydrogen-bond donors (Lipinski definition) is 3. The van der Waals surface area contributed by atoms with E-state index < -0.39 is 41.7 Å². The van der Waals surface area contributed by atoms with Gasteiger partial charge in [-0.25, -0.2) is 14.7 Å². The van der Waals surface area contributed by atoms with Crippen LogP contribution < -0.4 is 16.0 Å². The number of nitriles is 1. The monoisotopic (exact) mass is 538 g/mol. The number of hydrogen-bond acceptors (Lipinski definition) is 6. The van der Waals surface area contributed by atoms with Crippen LogP contribution in [0.1, 0.15) is 33.6 Å². The summed E-state index contributed by atoms with van der Waals surface area (Å²) in [4.78, 5) is 55.8. The highest BCUT2D eigenvalue weighted by Gasteiger charge is 2.60. The van der Waals surface area contributed by atoms with E-state index in [1.807, 2.05) is 6.07 Å². The molecule has 2 aliphatic rings. The van der Waals surface area contributed by atoms with Gasteiger partial charge >= 0.3 is 5.97 Å². The van der Waals surface area contributed by atoms with Gasteiger partial charge in [-0.3, -0.25) is 19.0 Å². The number of carbonyl (C=O) groups is 4. The number of nitrogens with one attached hydrogen (secondary N) is 1. The van der Waals surface area contributed by atoms with E-state index >= 15 is 0 Å². The standard InChI is InChI=1S/C24H16Cl2N6O5/c25-13-4-14(26)6-15(5-13)31-22(37)24(8-12-2-1-11(9-27)3-16(12)24)32-18(10-29-23(31)32)20(34)30-17(21(35)36)7-19(28)33/h1-6,10,17H,7-8H2,(H2,28,33)(H,30,34)(H,35,36)/t17-,24+/m1/s1. The Morgan fingerprint density at radius 1 is 1.22 bits per heavy atom. The van der Waals surface area contributed by atoms with Gasteiger partial charge in [0.25, 0.3) is 11.8 Å². The van der Waals surface area contributed by atoms with Crippen LogP contribution >= 0.6 is 23.2 Å². The first kappa shape index (κ1) is 24.3. The molecule has 11 nitrogen and oxygen atoms in total. The zero-order valence-electron chi connectivity index (χ0n) is 18.7. The largest absolute Gasteiger partial charge is 0.480 e. The summed E-state index contributed by atoms with van der Waals surface area (Å²) >= 11 is 12.4. The zero-order valence-corrected chi connectivity index (χ0v) is 20.2. The Balaban J connectivity index is 1.68. The van der Waals surface area contributed by atoms with E-state index in [1.54, 1.807) is 18.2 Å². The Morgan fingerprint density at radius 3 is 2.54 bits per heavy atom. The van der Waals surface area contributed by atoms with Crippen molar-refractivity contribution in [1.29, 1.82) is 5.26 Å². The predicted molar refractivity (Wildman–Crippen MR) is 130 cm³/mol. The first-order valence-corrected chi connectivity index (χ1v) is 11.6. The SMILES string of the molecule is N#Cc1ccc2c(c1)[C@@]1(C2)C(=O)N(c2cc(Cl)cc(Cl)c2)c2ncc(C(=O)N[C@H](CC(N)=O)C(=O)O)n21. The number of rotatable bonds is 6. The van der Waals surface area contributed by atoms with Crippen LogP contribution in [0, 0.1) is 11.3 Å². The minimum Gasteiger partial charge on any atom is -0.480 e. The van der Waals surface area contributed by atoms with Crippen molar-refractivity contribution in [2.45, 2.75) is 24.4 Å². The van der Waals surface area contributed by atoms with Crippen molar-refractivity contribution in [3.05, 3.63) is 75.0 Å². The number of nitrogens with zero attached hydrogens (tertiary/aromatic N) is 4.